The molecule has 0 radical (unpaired) electrons. The molecule has 1 aromatic heterocycles. The van der Waals surface area contributed by atoms with E-state index in [9.17, 15) is 9.90 Å². The van der Waals surface area contributed by atoms with E-state index in [1.807, 2.05) is 17.0 Å². The van der Waals surface area contributed by atoms with E-state index < -0.39 is 0 Å². The summed E-state index contributed by atoms with van der Waals surface area (Å²) in [5.41, 5.74) is 0.230. The summed E-state index contributed by atoms with van der Waals surface area (Å²) in [7, 11) is 0. The van der Waals surface area contributed by atoms with Gasteiger partial charge in [-0.15, -0.1) is 11.8 Å². The second-order valence-electron chi connectivity index (χ2n) is 7.64. The highest BCUT2D eigenvalue weighted by Gasteiger charge is 2.45. The molecule has 3 heterocycles. The molecule has 6 heteroatoms. The zero-order valence-electron chi connectivity index (χ0n) is 15.8. The number of carbonyl (C=O) groups is 1. The summed E-state index contributed by atoms with van der Waals surface area (Å²) in [5.74, 6) is 0.859. The summed E-state index contributed by atoms with van der Waals surface area (Å²) >= 11 is 1.56. The largest absolute Gasteiger partial charge is 0.396 e. The topological polar surface area (TPSA) is 56.7 Å². The molecule has 2 fully saturated rings. The number of carbonyl (C=O) groups excluding carboxylic acids is 1. The van der Waals surface area contributed by atoms with Crippen LogP contribution < -0.4 is 0 Å². The van der Waals surface area contributed by atoms with Crippen LogP contribution in [0.2, 0.25) is 0 Å². The standard InChI is InChI=1S/C20H31N3O2S/c1-2-10-22-11-5-20(6-12-22)7-13-23(14-17(20)15-24)19(25)16-26-18-3-8-21-9-4-18/h3-4,8-9,17,24H,2,5-7,10-16H2,1H3/t17-/m1/s1. The fourth-order valence-electron chi connectivity index (χ4n) is 4.46. The van der Waals surface area contributed by atoms with Gasteiger partial charge in [-0.25, -0.2) is 0 Å². The lowest BCUT2D eigenvalue weighted by atomic mass is 9.64. The number of aliphatic hydroxyl groups is 1. The van der Waals surface area contributed by atoms with Crippen molar-refractivity contribution in [3.63, 3.8) is 0 Å². The van der Waals surface area contributed by atoms with Crippen molar-refractivity contribution in [2.75, 3.05) is 45.1 Å². The van der Waals surface area contributed by atoms with Gasteiger partial charge in [0.25, 0.3) is 0 Å². The van der Waals surface area contributed by atoms with E-state index in [1.165, 1.54) is 13.0 Å². The first kappa shape index (κ1) is 19.6. The Labute approximate surface area is 161 Å². The summed E-state index contributed by atoms with van der Waals surface area (Å²) in [4.78, 5) is 22.2. The Morgan fingerprint density at radius 2 is 1.96 bits per heavy atom. The van der Waals surface area contributed by atoms with E-state index in [0.29, 0.717) is 12.3 Å². The van der Waals surface area contributed by atoms with Crippen LogP contribution in [0.5, 0.6) is 0 Å². The van der Waals surface area contributed by atoms with Crippen molar-refractivity contribution in [2.24, 2.45) is 11.3 Å². The van der Waals surface area contributed by atoms with Gasteiger partial charge in [-0.1, -0.05) is 6.92 Å². The molecule has 1 atom stereocenters. The molecule has 1 amide bonds. The van der Waals surface area contributed by atoms with Crippen LogP contribution in [0.3, 0.4) is 0 Å². The average Bonchev–Trinajstić information content (AvgIpc) is 2.69. The molecule has 0 aromatic carbocycles. The molecule has 0 unspecified atom stereocenters. The first-order valence-corrected chi connectivity index (χ1v) is 10.8. The lowest BCUT2D eigenvalue weighted by molar-refractivity contribution is -0.135. The normalized spacial score (nSPS) is 23.3. The SMILES string of the molecule is CCCN1CCC2(CC1)CCN(C(=O)CSc1ccncc1)C[C@@H]2CO. The van der Waals surface area contributed by atoms with Gasteiger partial charge in [0.2, 0.25) is 5.91 Å². The number of piperidine rings is 2. The van der Waals surface area contributed by atoms with Crippen molar-refractivity contribution >= 4 is 17.7 Å². The molecule has 0 bridgehead atoms. The number of aromatic nitrogens is 1. The van der Waals surface area contributed by atoms with E-state index in [2.05, 4.69) is 16.8 Å². The van der Waals surface area contributed by atoms with E-state index in [4.69, 9.17) is 0 Å². The van der Waals surface area contributed by atoms with Gasteiger partial charge in [-0.05, 0) is 62.9 Å². The Hall–Kier alpha value is -1.11. The number of hydrogen-bond donors (Lipinski definition) is 1. The molecule has 1 aromatic rings. The maximum atomic E-state index is 12.6. The van der Waals surface area contributed by atoms with Crippen molar-refractivity contribution < 1.29 is 9.90 Å². The highest BCUT2D eigenvalue weighted by Crippen LogP contribution is 2.45. The second kappa shape index (κ2) is 9.20. The highest BCUT2D eigenvalue weighted by atomic mass is 32.2. The zero-order valence-corrected chi connectivity index (χ0v) is 16.6. The molecule has 144 valence electrons. The Morgan fingerprint density at radius 3 is 2.62 bits per heavy atom. The lowest BCUT2D eigenvalue weighted by Gasteiger charge is -2.51. The van der Waals surface area contributed by atoms with Gasteiger partial charge < -0.3 is 14.9 Å². The van der Waals surface area contributed by atoms with Crippen molar-refractivity contribution in [1.82, 2.24) is 14.8 Å². The molecular weight excluding hydrogens is 346 g/mol. The molecule has 1 N–H and O–H groups in total. The van der Waals surface area contributed by atoms with Gasteiger partial charge in [-0.2, -0.15) is 0 Å². The molecule has 26 heavy (non-hydrogen) atoms. The van der Waals surface area contributed by atoms with Gasteiger partial charge in [0.15, 0.2) is 0 Å². The van der Waals surface area contributed by atoms with Gasteiger partial charge in [0.1, 0.15) is 0 Å². The predicted octanol–water partition coefficient (Wildman–Crippen LogP) is 2.51. The van der Waals surface area contributed by atoms with Gasteiger partial charge in [-0.3, -0.25) is 9.78 Å². The number of nitrogens with zero attached hydrogens (tertiary/aromatic N) is 3. The molecule has 0 aliphatic carbocycles. The Bertz CT molecular complexity index is 576. The number of amides is 1. The van der Waals surface area contributed by atoms with Crippen LogP contribution in [0, 0.1) is 11.3 Å². The average molecular weight is 378 g/mol. The summed E-state index contributed by atoms with van der Waals surface area (Å²) in [6.07, 6.45) is 8.06. The van der Waals surface area contributed by atoms with Crippen molar-refractivity contribution in [3.05, 3.63) is 24.5 Å². The molecular formula is C20H31N3O2S. The number of likely N-dealkylation sites (tertiary alicyclic amines) is 2. The van der Waals surface area contributed by atoms with E-state index in [-0.39, 0.29) is 23.8 Å². The number of aliphatic hydroxyl groups excluding tert-OH is 1. The first-order chi connectivity index (χ1) is 12.7. The van der Waals surface area contributed by atoms with Gasteiger partial charge in [0, 0.05) is 42.9 Å². The molecule has 3 rings (SSSR count). The van der Waals surface area contributed by atoms with Crippen molar-refractivity contribution in [2.45, 2.75) is 37.5 Å². The monoisotopic (exact) mass is 377 g/mol. The third kappa shape index (κ3) is 4.59. The Kier molecular flexibility index (Phi) is 6.95. The fraction of sp³-hybridized carbons (Fsp3) is 0.700. The van der Waals surface area contributed by atoms with E-state index in [1.54, 1.807) is 24.2 Å². The zero-order chi connectivity index (χ0) is 18.4. The minimum atomic E-state index is 0.184. The minimum absolute atomic E-state index is 0.184. The predicted molar refractivity (Wildman–Crippen MR) is 105 cm³/mol. The number of rotatable bonds is 6. The maximum Gasteiger partial charge on any atom is 0.232 e. The number of pyridine rings is 1. The summed E-state index contributed by atoms with van der Waals surface area (Å²) in [6, 6.07) is 3.87. The third-order valence-electron chi connectivity index (χ3n) is 6.16. The van der Waals surface area contributed by atoms with Gasteiger partial charge in [0.05, 0.1) is 5.75 Å². The van der Waals surface area contributed by atoms with Crippen LogP contribution in [-0.2, 0) is 4.79 Å². The minimum Gasteiger partial charge on any atom is -0.396 e. The van der Waals surface area contributed by atoms with Crippen LogP contribution >= 0.6 is 11.8 Å². The van der Waals surface area contributed by atoms with E-state index >= 15 is 0 Å². The Balaban J connectivity index is 1.53. The number of thioether (sulfide) groups is 1. The van der Waals surface area contributed by atoms with Crippen LogP contribution in [0.25, 0.3) is 0 Å². The molecule has 2 saturated heterocycles. The fourth-order valence-corrected chi connectivity index (χ4v) is 5.24. The maximum absolute atomic E-state index is 12.6. The summed E-state index contributed by atoms with van der Waals surface area (Å²) in [5, 5.41) is 10.0. The summed E-state index contributed by atoms with van der Waals surface area (Å²) in [6.45, 7) is 7.41. The molecule has 0 saturated carbocycles. The lowest BCUT2D eigenvalue weighted by Crippen LogP contribution is -2.55. The van der Waals surface area contributed by atoms with Crippen LogP contribution in [0.1, 0.15) is 32.6 Å². The molecule has 5 nitrogen and oxygen atoms in total. The number of hydrogen-bond acceptors (Lipinski definition) is 5. The van der Waals surface area contributed by atoms with Crippen LogP contribution in [0.4, 0.5) is 0 Å². The van der Waals surface area contributed by atoms with Crippen LogP contribution in [-0.4, -0.2) is 70.9 Å². The first-order valence-electron chi connectivity index (χ1n) is 9.80. The summed E-state index contributed by atoms with van der Waals surface area (Å²) < 4.78 is 0. The molecule has 1 spiro atoms. The quantitative estimate of drug-likeness (QED) is 0.772. The van der Waals surface area contributed by atoms with Crippen LogP contribution in [0.15, 0.2) is 29.4 Å². The molecule has 2 aliphatic heterocycles. The smallest absolute Gasteiger partial charge is 0.232 e. The highest BCUT2D eigenvalue weighted by molar-refractivity contribution is 8.00. The van der Waals surface area contributed by atoms with Crippen molar-refractivity contribution in [3.8, 4) is 0 Å². The molecule has 2 aliphatic rings. The van der Waals surface area contributed by atoms with Gasteiger partial charge >= 0.3 is 0 Å². The van der Waals surface area contributed by atoms with Crippen molar-refractivity contribution in [1.29, 1.82) is 0 Å². The second-order valence-corrected chi connectivity index (χ2v) is 8.69. The third-order valence-corrected chi connectivity index (χ3v) is 7.16. The van der Waals surface area contributed by atoms with E-state index in [0.717, 1.165) is 43.8 Å². The Morgan fingerprint density at radius 1 is 1.27 bits per heavy atom.